The molecule has 1 aliphatic rings. The number of amides is 2. The third-order valence-electron chi connectivity index (χ3n) is 5.59. The van der Waals surface area contributed by atoms with Gasteiger partial charge in [0.1, 0.15) is 17.9 Å². The standard InChI is InChI=1S/C28H24N2O7S/c1-3-36-21-11-9-20(10-12-21)30-26(32)22(25(31)29-28(30)38)14-18-6-13-23(24(15-18)35-2)37-16-17-4-7-19(8-5-17)27(33)34/h4-15H,3,16H2,1-2H3,(H,33,34)(H,29,31,38)/p-1. The Morgan fingerprint density at radius 1 is 1.00 bits per heavy atom. The zero-order chi connectivity index (χ0) is 27.2. The lowest BCUT2D eigenvalue weighted by Crippen LogP contribution is -2.54. The maximum absolute atomic E-state index is 13.3. The van der Waals surface area contributed by atoms with Crippen LogP contribution in [0.25, 0.3) is 6.08 Å². The third-order valence-corrected chi connectivity index (χ3v) is 5.87. The van der Waals surface area contributed by atoms with Crippen molar-refractivity contribution >= 4 is 46.9 Å². The highest BCUT2D eigenvalue weighted by atomic mass is 32.1. The molecule has 10 heteroatoms. The summed E-state index contributed by atoms with van der Waals surface area (Å²) < 4.78 is 16.7. The second kappa shape index (κ2) is 11.6. The van der Waals surface area contributed by atoms with Gasteiger partial charge in [0.15, 0.2) is 16.6 Å². The molecule has 194 valence electrons. The summed E-state index contributed by atoms with van der Waals surface area (Å²) in [7, 11) is 1.47. The topological polar surface area (TPSA) is 117 Å². The molecule has 2 amide bonds. The molecule has 1 aliphatic heterocycles. The minimum Gasteiger partial charge on any atom is -0.545 e. The summed E-state index contributed by atoms with van der Waals surface area (Å²) in [4.78, 5) is 38.1. The number of aromatic carboxylic acids is 1. The molecular formula is C28H23N2O7S-. The molecule has 3 aromatic carbocycles. The molecule has 1 fully saturated rings. The fraction of sp³-hybridized carbons (Fsp3) is 0.143. The highest BCUT2D eigenvalue weighted by Crippen LogP contribution is 2.31. The van der Waals surface area contributed by atoms with Gasteiger partial charge in [0.2, 0.25) is 0 Å². The van der Waals surface area contributed by atoms with Gasteiger partial charge in [0.05, 0.1) is 25.4 Å². The number of carboxylic acids is 1. The number of rotatable bonds is 9. The number of carbonyl (C=O) groups excluding carboxylic acids is 3. The summed E-state index contributed by atoms with van der Waals surface area (Å²) >= 11 is 5.26. The lowest BCUT2D eigenvalue weighted by atomic mass is 10.1. The Hall–Kier alpha value is -4.70. The van der Waals surface area contributed by atoms with Crippen LogP contribution in [-0.2, 0) is 16.2 Å². The number of hydrogen-bond donors (Lipinski definition) is 1. The first-order chi connectivity index (χ1) is 18.3. The zero-order valence-corrected chi connectivity index (χ0v) is 21.4. The van der Waals surface area contributed by atoms with E-state index in [0.29, 0.717) is 35.1 Å². The molecule has 0 aromatic heterocycles. The SMILES string of the molecule is CCOc1ccc(N2C(=O)C(=Cc3ccc(OCc4ccc(C(=O)[O-])cc4)c(OC)c3)C(=O)NC2=S)cc1. The van der Waals surface area contributed by atoms with Crippen LogP contribution in [0.3, 0.4) is 0 Å². The molecule has 1 N–H and O–H groups in total. The summed E-state index contributed by atoms with van der Waals surface area (Å²) in [5.41, 5.74) is 1.75. The van der Waals surface area contributed by atoms with Gasteiger partial charge in [-0.1, -0.05) is 30.3 Å². The van der Waals surface area contributed by atoms with E-state index in [2.05, 4.69) is 5.32 Å². The van der Waals surface area contributed by atoms with Crippen molar-refractivity contribution in [3.8, 4) is 17.2 Å². The smallest absolute Gasteiger partial charge is 0.270 e. The van der Waals surface area contributed by atoms with Crippen molar-refractivity contribution in [3.63, 3.8) is 0 Å². The molecule has 9 nitrogen and oxygen atoms in total. The van der Waals surface area contributed by atoms with Gasteiger partial charge in [-0.05, 0) is 78.3 Å². The van der Waals surface area contributed by atoms with E-state index in [1.165, 1.54) is 30.2 Å². The molecule has 0 radical (unpaired) electrons. The number of carbonyl (C=O) groups is 3. The normalized spacial score (nSPS) is 14.3. The van der Waals surface area contributed by atoms with Crippen molar-refractivity contribution in [2.24, 2.45) is 0 Å². The number of hydrogen-bond acceptors (Lipinski definition) is 8. The molecule has 3 aromatic rings. The highest BCUT2D eigenvalue weighted by molar-refractivity contribution is 7.80. The van der Waals surface area contributed by atoms with Crippen molar-refractivity contribution in [3.05, 3.63) is 89.0 Å². The van der Waals surface area contributed by atoms with Crippen molar-refractivity contribution in [1.29, 1.82) is 0 Å². The summed E-state index contributed by atoms with van der Waals surface area (Å²) in [6.45, 7) is 2.55. The second-order valence-electron chi connectivity index (χ2n) is 8.07. The van der Waals surface area contributed by atoms with Gasteiger partial charge in [-0.15, -0.1) is 0 Å². The zero-order valence-electron chi connectivity index (χ0n) is 20.6. The largest absolute Gasteiger partial charge is 0.545 e. The average Bonchev–Trinajstić information content (AvgIpc) is 2.91. The number of nitrogens with zero attached hydrogens (tertiary/aromatic N) is 1. The van der Waals surface area contributed by atoms with E-state index in [9.17, 15) is 19.5 Å². The summed E-state index contributed by atoms with van der Waals surface area (Å²) in [6, 6.07) is 17.9. The Balaban J connectivity index is 1.54. The van der Waals surface area contributed by atoms with Gasteiger partial charge in [-0.3, -0.25) is 19.8 Å². The summed E-state index contributed by atoms with van der Waals surface area (Å²) in [5.74, 6) is -0.971. The van der Waals surface area contributed by atoms with Crippen molar-refractivity contribution in [2.75, 3.05) is 18.6 Å². The maximum atomic E-state index is 13.3. The number of methoxy groups -OCH3 is 1. The minimum atomic E-state index is -1.25. The molecule has 0 spiro atoms. The Morgan fingerprint density at radius 2 is 1.71 bits per heavy atom. The number of thiocarbonyl (C=S) groups is 1. The van der Waals surface area contributed by atoms with Crippen LogP contribution in [0.15, 0.2) is 72.3 Å². The van der Waals surface area contributed by atoms with Crippen LogP contribution in [0.2, 0.25) is 0 Å². The number of ether oxygens (including phenoxy) is 3. The van der Waals surface area contributed by atoms with Crippen LogP contribution < -0.4 is 29.5 Å². The van der Waals surface area contributed by atoms with E-state index in [0.717, 1.165) is 5.56 Å². The van der Waals surface area contributed by atoms with Gasteiger partial charge >= 0.3 is 0 Å². The molecule has 0 atom stereocenters. The van der Waals surface area contributed by atoms with Crippen molar-refractivity contribution in [2.45, 2.75) is 13.5 Å². The van der Waals surface area contributed by atoms with E-state index >= 15 is 0 Å². The highest BCUT2D eigenvalue weighted by Gasteiger charge is 2.34. The van der Waals surface area contributed by atoms with Crippen LogP contribution in [0, 0.1) is 0 Å². The average molecular weight is 532 g/mol. The number of anilines is 1. The minimum absolute atomic E-state index is 0.0183. The van der Waals surface area contributed by atoms with Crippen LogP contribution in [-0.4, -0.2) is 36.6 Å². The fourth-order valence-corrected chi connectivity index (χ4v) is 3.99. The first-order valence-corrected chi connectivity index (χ1v) is 12.0. The predicted octanol–water partition coefficient (Wildman–Crippen LogP) is 2.87. The van der Waals surface area contributed by atoms with Crippen LogP contribution in [0.5, 0.6) is 17.2 Å². The second-order valence-corrected chi connectivity index (χ2v) is 8.45. The van der Waals surface area contributed by atoms with Gasteiger partial charge in [-0.2, -0.15) is 0 Å². The number of carboxylic acid groups (broad SMARTS) is 1. The Labute approximate surface area is 224 Å². The summed E-state index contributed by atoms with van der Waals surface area (Å²) in [5, 5.41) is 13.4. The molecule has 38 heavy (non-hydrogen) atoms. The van der Waals surface area contributed by atoms with E-state index in [1.807, 2.05) is 6.92 Å². The van der Waals surface area contributed by atoms with Crippen molar-refractivity contribution < 1.29 is 33.7 Å². The van der Waals surface area contributed by atoms with Crippen molar-refractivity contribution in [1.82, 2.24) is 5.32 Å². The lowest BCUT2D eigenvalue weighted by Gasteiger charge is -2.29. The number of nitrogens with one attached hydrogen (secondary N) is 1. The number of benzene rings is 3. The fourth-order valence-electron chi connectivity index (χ4n) is 3.71. The molecule has 4 rings (SSSR count). The van der Waals surface area contributed by atoms with E-state index in [4.69, 9.17) is 26.4 Å². The monoisotopic (exact) mass is 531 g/mol. The van der Waals surface area contributed by atoms with Gasteiger partial charge in [0.25, 0.3) is 11.8 Å². The van der Waals surface area contributed by atoms with Crippen LogP contribution >= 0.6 is 12.2 Å². The third kappa shape index (κ3) is 5.81. The van der Waals surface area contributed by atoms with Gasteiger partial charge in [-0.25, -0.2) is 0 Å². The maximum Gasteiger partial charge on any atom is 0.270 e. The van der Waals surface area contributed by atoms with Crippen LogP contribution in [0.1, 0.15) is 28.4 Å². The molecule has 0 aliphatic carbocycles. The molecular weight excluding hydrogens is 508 g/mol. The first-order valence-electron chi connectivity index (χ1n) is 11.6. The quantitative estimate of drug-likeness (QED) is 0.255. The molecule has 0 unspecified atom stereocenters. The molecule has 0 saturated carbocycles. The Kier molecular flexibility index (Phi) is 8.03. The van der Waals surface area contributed by atoms with E-state index in [1.54, 1.807) is 54.6 Å². The van der Waals surface area contributed by atoms with E-state index in [-0.39, 0.29) is 22.9 Å². The van der Waals surface area contributed by atoms with Gasteiger partial charge < -0.3 is 24.1 Å². The Morgan fingerprint density at radius 3 is 2.34 bits per heavy atom. The summed E-state index contributed by atoms with van der Waals surface area (Å²) in [6.07, 6.45) is 1.45. The molecule has 0 bridgehead atoms. The molecule has 1 saturated heterocycles. The Bertz CT molecular complexity index is 1420. The van der Waals surface area contributed by atoms with Gasteiger partial charge in [0, 0.05) is 0 Å². The molecule has 1 heterocycles. The predicted molar refractivity (Wildman–Crippen MR) is 142 cm³/mol. The first kappa shape index (κ1) is 26.4. The van der Waals surface area contributed by atoms with Crippen LogP contribution in [0.4, 0.5) is 5.69 Å². The van der Waals surface area contributed by atoms with E-state index < -0.39 is 17.8 Å². The lowest BCUT2D eigenvalue weighted by molar-refractivity contribution is -0.255.